The molecule has 5 nitrogen and oxygen atoms in total. The molecule has 0 saturated carbocycles. The Morgan fingerprint density at radius 1 is 1.60 bits per heavy atom. The lowest BCUT2D eigenvalue weighted by Crippen LogP contribution is -2.14. The SMILES string of the molecule is OCCCn1cnnc1CC1CCNC1. The van der Waals surface area contributed by atoms with Gasteiger partial charge in [-0.2, -0.15) is 0 Å². The van der Waals surface area contributed by atoms with E-state index in [1.807, 2.05) is 0 Å². The van der Waals surface area contributed by atoms with E-state index in [0.717, 1.165) is 38.3 Å². The van der Waals surface area contributed by atoms with Crippen molar-refractivity contribution in [3.05, 3.63) is 12.2 Å². The number of hydrogen-bond acceptors (Lipinski definition) is 4. The van der Waals surface area contributed by atoms with Crippen LogP contribution >= 0.6 is 0 Å². The molecule has 0 aromatic carbocycles. The molecular formula is C10H18N4O. The summed E-state index contributed by atoms with van der Waals surface area (Å²) in [6.07, 6.45) is 4.76. The summed E-state index contributed by atoms with van der Waals surface area (Å²) in [4.78, 5) is 0. The van der Waals surface area contributed by atoms with Crippen LogP contribution in [0.5, 0.6) is 0 Å². The molecule has 1 atom stereocenters. The fourth-order valence-electron chi connectivity index (χ4n) is 2.01. The third-order valence-electron chi connectivity index (χ3n) is 2.89. The van der Waals surface area contributed by atoms with Crippen molar-refractivity contribution in [1.82, 2.24) is 20.1 Å². The second-order valence-electron chi connectivity index (χ2n) is 4.08. The fourth-order valence-corrected chi connectivity index (χ4v) is 2.01. The van der Waals surface area contributed by atoms with Gasteiger partial charge >= 0.3 is 0 Å². The van der Waals surface area contributed by atoms with Gasteiger partial charge in [0.1, 0.15) is 12.2 Å². The first-order valence-electron chi connectivity index (χ1n) is 5.58. The first-order chi connectivity index (χ1) is 7.40. The number of aliphatic hydroxyl groups excluding tert-OH is 1. The molecule has 2 N–H and O–H groups in total. The van der Waals surface area contributed by atoms with E-state index in [0.29, 0.717) is 5.92 Å². The van der Waals surface area contributed by atoms with Gasteiger partial charge in [0.15, 0.2) is 0 Å². The highest BCUT2D eigenvalue weighted by atomic mass is 16.3. The van der Waals surface area contributed by atoms with Crippen molar-refractivity contribution in [3.63, 3.8) is 0 Å². The van der Waals surface area contributed by atoms with E-state index in [1.54, 1.807) is 6.33 Å². The average molecular weight is 210 g/mol. The Labute approximate surface area is 89.5 Å². The quantitative estimate of drug-likeness (QED) is 0.707. The molecule has 1 saturated heterocycles. The predicted octanol–water partition coefficient (Wildman–Crippen LogP) is -0.187. The van der Waals surface area contributed by atoms with Crippen molar-refractivity contribution < 1.29 is 5.11 Å². The number of aromatic nitrogens is 3. The van der Waals surface area contributed by atoms with Gasteiger partial charge in [-0.05, 0) is 31.8 Å². The molecule has 1 unspecified atom stereocenters. The number of hydrogen-bond donors (Lipinski definition) is 2. The minimum absolute atomic E-state index is 0.225. The summed E-state index contributed by atoms with van der Waals surface area (Å²) in [5, 5.41) is 20.2. The van der Waals surface area contributed by atoms with Crippen LogP contribution in [0.15, 0.2) is 6.33 Å². The Morgan fingerprint density at radius 3 is 3.27 bits per heavy atom. The van der Waals surface area contributed by atoms with Gasteiger partial charge in [-0.25, -0.2) is 0 Å². The van der Waals surface area contributed by atoms with Crippen LogP contribution in [-0.2, 0) is 13.0 Å². The predicted molar refractivity (Wildman–Crippen MR) is 56.4 cm³/mol. The number of nitrogens with one attached hydrogen (secondary N) is 1. The molecule has 0 spiro atoms. The van der Waals surface area contributed by atoms with Crippen molar-refractivity contribution in [1.29, 1.82) is 0 Å². The average Bonchev–Trinajstić information content (AvgIpc) is 2.87. The molecule has 0 amide bonds. The first kappa shape index (κ1) is 10.6. The van der Waals surface area contributed by atoms with Gasteiger partial charge in [-0.1, -0.05) is 0 Å². The summed E-state index contributed by atoms with van der Waals surface area (Å²) < 4.78 is 2.05. The fraction of sp³-hybridized carbons (Fsp3) is 0.800. The van der Waals surface area contributed by atoms with E-state index in [-0.39, 0.29) is 6.61 Å². The van der Waals surface area contributed by atoms with Crippen molar-refractivity contribution >= 4 is 0 Å². The van der Waals surface area contributed by atoms with Crippen molar-refractivity contribution in [2.24, 2.45) is 5.92 Å². The number of aryl methyl sites for hydroxylation is 1. The number of nitrogens with zero attached hydrogens (tertiary/aromatic N) is 3. The molecule has 2 rings (SSSR count). The number of aliphatic hydroxyl groups is 1. The maximum atomic E-state index is 8.78. The van der Waals surface area contributed by atoms with Crippen LogP contribution in [0.4, 0.5) is 0 Å². The van der Waals surface area contributed by atoms with Gasteiger partial charge in [-0.3, -0.25) is 0 Å². The number of rotatable bonds is 5. The highest BCUT2D eigenvalue weighted by Gasteiger charge is 2.17. The largest absolute Gasteiger partial charge is 0.396 e. The molecule has 1 fully saturated rings. The molecule has 15 heavy (non-hydrogen) atoms. The smallest absolute Gasteiger partial charge is 0.133 e. The summed E-state index contributed by atoms with van der Waals surface area (Å²) >= 11 is 0. The van der Waals surface area contributed by atoms with Gasteiger partial charge in [0.05, 0.1) is 0 Å². The van der Waals surface area contributed by atoms with E-state index in [2.05, 4.69) is 20.1 Å². The van der Waals surface area contributed by atoms with Gasteiger partial charge in [0.2, 0.25) is 0 Å². The normalized spacial score (nSPS) is 21.0. The molecule has 1 aliphatic rings. The third-order valence-corrected chi connectivity index (χ3v) is 2.89. The maximum Gasteiger partial charge on any atom is 0.133 e. The summed E-state index contributed by atoms with van der Waals surface area (Å²) in [6.45, 7) is 3.25. The lowest BCUT2D eigenvalue weighted by atomic mass is 10.0. The van der Waals surface area contributed by atoms with Crippen LogP contribution in [0.25, 0.3) is 0 Å². The van der Waals surface area contributed by atoms with E-state index in [1.165, 1.54) is 6.42 Å². The molecule has 1 aliphatic heterocycles. The Balaban J connectivity index is 1.91. The molecule has 2 heterocycles. The zero-order valence-corrected chi connectivity index (χ0v) is 8.89. The molecule has 84 valence electrons. The van der Waals surface area contributed by atoms with E-state index in [4.69, 9.17) is 5.11 Å². The van der Waals surface area contributed by atoms with E-state index >= 15 is 0 Å². The minimum atomic E-state index is 0.225. The highest BCUT2D eigenvalue weighted by molar-refractivity contribution is 4.90. The topological polar surface area (TPSA) is 63.0 Å². The third kappa shape index (κ3) is 2.76. The standard InChI is InChI=1S/C10H18N4O/c15-5-1-4-14-8-12-13-10(14)6-9-2-3-11-7-9/h8-9,11,15H,1-7H2. The zero-order chi connectivity index (χ0) is 10.5. The Bertz CT molecular complexity index is 293. The molecule has 0 radical (unpaired) electrons. The van der Waals surface area contributed by atoms with E-state index in [9.17, 15) is 0 Å². The molecule has 0 aliphatic carbocycles. The zero-order valence-electron chi connectivity index (χ0n) is 8.89. The molecule has 1 aromatic rings. The lowest BCUT2D eigenvalue weighted by Gasteiger charge is -2.09. The molecule has 0 bridgehead atoms. The second-order valence-corrected chi connectivity index (χ2v) is 4.08. The van der Waals surface area contributed by atoms with Gasteiger partial charge in [0, 0.05) is 19.6 Å². The van der Waals surface area contributed by atoms with Gasteiger partial charge in [-0.15, -0.1) is 10.2 Å². The Kier molecular flexibility index (Phi) is 3.69. The van der Waals surface area contributed by atoms with Crippen LogP contribution in [0.3, 0.4) is 0 Å². The Morgan fingerprint density at radius 2 is 2.53 bits per heavy atom. The van der Waals surface area contributed by atoms with Crippen LogP contribution in [0.1, 0.15) is 18.7 Å². The van der Waals surface area contributed by atoms with Gasteiger partial charge in [0.25, 0.3) is 0 Å². The van der Waals surface area contributed by atoms with E-state index < -0.39 is 0 Å². The van der Waals surface area contributed by atoms with Crippen LogP contribution in [0.2, 0.25) is 0 Å². The first-order valence-corrected chi connectivity index (χ1v) is 5.58. The van der Waals surface area contributed by atoms with Crippen molar-refractivity contribution in [2.75, 3.05) is 19.7 Å². The monoisotopic (exact) mass is 210 g/mol. The molecule has 5 heteroatoms. The minimum Gasteiger partial charge on any atom is -0.396 e. The maximum absolute atomic E-state index is 8.78. The molecular weight excluding hydrogens is 192 g/mol. The Hall–Kier alpha value is -0.940. The summed E-state index contributed by atoms with van der Waals surface area (Å²) in [6, 6.07) is 0. The van der Waals surface area contributed by atoms with Crippen LogP contribution < -0.4 is 5.32 Å². The lowest BCUT2D eigenvalue weighted by molar-refractivity contribution is 0.278. The van der Waals surface area contributed by atoms with Crippen molar-refractivity contribution in [3.8, 4) is 0 Å². The second kappa shape index (κ2) is 5.23. The summed E-state index contributed by atoms with van der Waals surface area (Å²) in [5.41, 5.74) is 0. The van der Waals surface area contributed by atoms with Gasteiger partial charge < -0.3 is 15.0 Å². The van der Waals surface area contributed by atoms with Crippen LogP contribution in [-0.4, -0.2) is 39.6 Å². The van der Waals surface area contributed by atoms with Crippen molar-refractivity contribution in [2.45, 2.75) is 25.8 Å². The summed E-state index contributed by atoms with van der Waals surface area (Å²) in [7, 11) is 0. The summed E-state index contributed by atoms with van der Waals surface area (Å²) in [5.74, 6) is 1.75. The van der Waals surface area contributed by atoms with Crippen LogP contribution in [0, 0.1) is 5.92 Å². The molecule has 1 aromatic heterocycles. The highest BCUT2D eigenvalue weighted by Crippen LogP contribution is 2.13.